The monoisotopic (exact) mass is 224 g/mol. The van der Waals surface area contributed by atoms with Crippen LogP contribution in [0.15, 0.2) is 4.52 Å². The maximum atomic E-state index is 5.26. The SMILES string of the molecule is CNCCc1noc(CC2CCCN2C)n1. The number of nitrogens with zero attached hydrogens (tertiary/aromatic N) is 3. The first-order valence-corrected chi connectivity index (χ1v) is 5.96. The molecule has 0 aliphatic carbocycles. The average Bonchev–Trinajstić information content (AvgIpc) is 2.87. The van der Waals surface area contributed by atoms with Gasteiger partial charge >= 0.3 is 0 Å². The number of nitrogens with one attached hydrogen (secondary N) is 1. The minimum Gasteiger partial charge on any atom is -0.339 e. The first-order chi connectivity index (χ1) is 7.79. The highest BCUT2D eigenvalue weighted by Crippen LogP contribution is 2.18. The molecular weight excluding hydrogens is 204 g/mol. The van der Waals surface area contributed by atoms with Crippen molar-refractivity contribution in [1.82, 2.24) is 20.4 Å². The molecule has 1 aromatic rings. The zero-order chi connectivity index (χ0) is 11.4. The van der Waals surface area contributed by atoms with Crippen LogP contribution in [0.4, 0.5) is 0 Å². The highest BCUT2D eigenvalue weighted by molar-refractivity contribution is 4.92. The molecule has 16 heavy (non-hydrogen) atoms. The van der Waals surface area contributed by atoms with Crippen molar-refractivity contribution in [2.75, 3.05) is 27.2 Å². The smallest absolute Gasteiger partial charge is 0.228 e. The lowest BCUT2D eigenvalue weighted by Crippen LogP contribution is -2.26. The number of likely N-dealkylation sites (tertiary alicyclic amines) is 1. The summed E-state index contributed by atoms with van der Waals surface area (Å²) >= 11 is 0. The van der Waals surface area contributed by atoms with E-state index >= 15 is 0 Å². The van der Waals surface area contributed by atoms with Gasteiger partial charge in [0.25, 0.3) is 0 Å². The van der Waals surface area contributed by atoms with Crippen LogP contribution in [0.2, 0.25) is 0 Å². The van der Waals surface area contributed by atoms with E-state index in [9.17, 15) is 0 Å². The van der Waals surface area contributed by atoms with E-state index in [0.717, 1.165) is 31.1 Å². The van der Waals surface area contributed by atoms with Crippen LogP contribution < -0.4 is 5.32 Å². The topological polar surface area (TPSA) is 54.2 Å². The molecule has 0 saturated carbocycles. The van der Waals surface area contributed by atoms with Crippen LogP contribution in [0.5, 0.6) is 0 Å². The Morgan fingerprint density at radius 1 is 1.56 bits per heavy atom. The Bertz CT molecular complexity index is 326. The molecule has 2 rings (SSSR count). The summed E-state index contributed by atoms with van der Waals surface area (Å²) in [6.45, 7) is 2.08. The Kier molecular flexibility index (Phi) is 3.90. The van der Waals surface area contributed by atoms with Crippen molar-refractivity contribution < 1.29 is 4.52 Å². The van der Waals surface area contributed by atoms with Gasteiger partial charge in [-0.2, -0.15) is 4.98 Å². The second-order valence-corrected chi connectivity index (χ2v) is 4.44. The molecule has 1 atom stereocenters. The van der Waals surface area contributed by atoms with Crippen LogP contribution in [-0.4, -0.2) is 48.3 Å². The number of aromatic nitrogens is 2. The minimum absolute atomic E-state index is 0.581. The van der Waals surface area contributed by atoms with Crippen LogP contribution in [-0.2, 0) is 12.8 Å². The van der Waals surface area contributed by atoms with E-state index in [4.69, 9.17) is 4.52 Å². The van der Waals surface area contributed by atoms with E-state index in [-0.39, 0.29) is 0 Å². The molecule has 0 aromatic carbocycles. The molecule has 0 spiro atoms. The van der Waals surface area contributed by atoms with Crippen molar-refractivity contribution in [3.63, 3.8) is 0 Å². The molecule has 1 fully saturated rings. The molecule has 1 unspecified atom stereocenters. The highest BCUT2D eigenvalue weighted by Gasteiger charge is 2.23. The minimum atomic E-state index is 0.581. The summed E-state index contributed by atoms with van der Waals surface area (Å²) < 4.78 is 5.26. The molecular formula is C11H20N4O. The van der Waals surface area contributed by atoms with Crippen molar-refractivity contribution in [2.24, 2.45) is 0 Å². The summed E-state index contributed by atoms with van der Waals surface area (Å²) in [6, 6.07) is 0.581. The second-order valence-electron chi connectivity index (χ2n) is 4.44. The second kappa shape index (κ2) is 5.41. The van der Waals surface area contributed by atoms with Crippen molar-refractivity contribution in [2.45, 2.75) is 31.7 Å². The van der Waals surface area contributed by atoms with Gasteiger partial charge in [0.2, 0.25) is 5.89 Å². The van der Waals surface area contributed by atoms with Crippen LogP contribution in [0.3, 0.4) is 0 Å². The van der Waals surface area contributed by atoms with Gasteiger partial charge in [-0.15, -0.1) is 0 Å². The molecule has 90 valence electrons. The number of hydrogen-bond acceptors (Lipinski definition) is 5. The molecule has 1 saturated heterocycles. The van der Waals surface area contributed by atoms with Crippen molar-refractivity contribution in [3.8, 4) is 0 Å². The normalized spacial score (nSPS) is 21.8. The van der Waals surface area contributed by atoms with Gasteiger partial charge in [-0.1, -0.05) is 5.16 Å². The Hall–Kier alpha value is -0.940. The van der Waals surface area contributed by atoms with E-state index in [0.29, 0.717) is 6.04 Å². The van der Waals surface area contributed by atoms with Gasteiger partial charge in [-0.3, -0.25) is 0 Å². The average molecular weight is 224 g/mol. The summed E-state index contributed by atoms with van der Waals surface area (Å²) in [5.74, 6) is 1.59. The summed E-state index contributed by atoms with van der Waals surface area (Å²) in [6.07, 6.45) is 4.25. The van der Waals surface area contributed by atoms with Gasteiger partial charge in [0.05, 0.1) is 0 Å². The van der Waals surface area contributed by atoms with Gasteiger partial charge in [0.15, 0.2) is 5.82 Å². The fourth-order valence-electron chi connectivity index (χ4n) is 2.15. The van der Waals surface area contributed by atoms with Crippen LogP contribution in [0.25, 0.3) is 0 Å². The van der Waals surface area contributed by atoms with Crippen molar-refractivity contribution in [3.05, 3.63) is 11.7 Å². The number of likely N-dealkylation sites (N-methyl/N-ethyl adjacent to an activating group) is 2. The Labute approximate surface area is 96.2 Å². The quantitative estimate of drug-likeness (QED) is 0.788. The lowest BCUT2D eigenvalue weighted by Gasteiger charge is -2.16. The third kappa shape index (κ3) is 2.80. The van der Waals surface area contributed by atoms with Gasteiger partial charge in [-0.05, 0) is 33.5 Å². The largest absolute Gasteiger partial charge is 0.339 e. The maximum absolute atomic E-state index is 5.26. The van der Waals surface area contributed by atoms with Crippen LogP contribution in [0.1, 0.15) is 24.6 Å². The third-order valence-corrected chi connectivity index (χ3v) is 3.19. The summed E-state index contributed by atoms with van der Waals surface area (Å²) in [5.41, 5.74) is 0. The molecule has 5 heteroatoms. The first-order valence-electron chi connectivity index (χ1n) is 5.96. The van der Waals surface area contributed by atoms with E-state index in [1.165, 1.54) is 19.4 Å². The fourth-order valence-corrected chi connectivity index (χ4v) is 2.15. The lowest BCUT2D eigenvalue weighted by molar-refractivity contribution is 0.278. The predicted molar refractivity (Wildman–Crippen MR) is 61.3 cm³/mol. The Morgan fingerprint density at radius 3 is 3.12 bits per heavy atom. The van der Waals surface area contributed by atoms with Crippen LogP contribution in [0, 0.1) is 0 Å². The molecule has 1 aliphatic heterocycles. The molecule has 1 N–H and O–H groups in total. The van der Waals surface area contributed by atoms with Crippen molar-refractivity contribution >= 4 is 0 Å². The van der Waals surface area contributed by atoms with E-state index in [1.807, 2.05) is 7.05 Å². The molecule has 2 heterocycles. The number of rotatable bonds is 5. The molecule has 0 bridgehead atoms. The summed E-state index contributed by atoms with van der Waals surface area (Å²) in [7, 11) is 4.09. The summed E-state index contributed by atoms with van der Waals surface area (Å²) in [4.78, 5) is 6.77. The maximum Gasteiger partial charge on any atom is 0.228 e. The molecule has 5 nitrogen and oxygen atoms in total. The van der Waals surface area contributed by atoms with Gasteiger partial charge in [-0.25, -0.2) is 0 Å². The number of hydrogen-bond donors (Lipinski definition) is 1. The van der Waals surface area contributed by atoms with E-state index in [2.05, 4.69) is 27.4 Å². The molecule has 1 aliphatic rings. The highest BCUT2D eigenvalue weighted by atomic mass is 16.5. The fraction of sp³-hybridized carbons (Fsp3) is 0.818. The zero-order valence-electron chi connectivity index (χ0n) is 10.1. The Morgan fingerprint density at radius 2 is 2.44 bits per heavy atom. The predicted octanol–water partition coefficient (Wildman–Crippen LogP) is 0.468. The first kappa shape index (κ1) is 11.5. The van der Waals surface area contributed by atoms with Crippen LogP contribution >= 0.6 is 0 Å². The van der Waals surface area contributed by atoms with Gasteiger partial charge < -0.3 is 14.7 Å². The molecule has 0 radical (unpaired) electrons. The molecule has 0 amide bonds. The van der Waals surface area contributed by atoms with Gasteiger partial charge in [0, 0.05) is 25.4 Å². The Balaban J connectivity index is 1.87. The molecule has 1 aromatic heterocycles. The zero-order valence-corrected chi connectivity index (χ0v) is 10.1. The summed E-state index contributed by atoms with van der Waals surface area (Å²) in [5, 5.41) is 7.05. The van der Waals surface area contributed by atoms with E-state index in [1.54, 1.807) is 0 Å². The third-order valence-electron chi connectivity index (χ3n) is 3.19. The van der Waals surface area contributed by atoms with Crippen molar-refractivity contribution in [1.29, 1.82) is 0 Å². The lowest BCUT2D eigenvalue weighted by atomic mass is 10.1. The van der Waals surface area contributed by atoms with Gasteiger partial charge in [0.1, 0.15) is 0 Å². The standard InChI is InChI=1S/C11H20N4O/c1-12-6-5-10-13-11(16-14-10)8-9-4-3-7-15(9)2/h9,12H,3-8H2,1-2H3. The van der Waals surface area contributed by atoms with E-state index < -0.39 is 0 Å².